The Morgan fingerprint density at radius 2 is 1.88 bits per heavy atom. The van der Waals surface area contributed by atoms with Gasteiger partial charge < -0.3 is 5.32 Å². The average molecular weight is 336 g/mol. The van der Waals surface area contributed by atoms with Gasteiger partial charge in [0, 0.05) is 16.6 Å². The van der Waals surface area contributed by atoms with E-state index in [0.29, 0.717) is 6.42 Å². The van der Waals surface area contributed by atoms with Crippen molar-refractivity contribution >= 4 is 22.9 Å². The number of hydrogen-bond acceptors (Lipinski definition) is 3. The van der Waals surface area contributed by atoms with Gasteiger partial charge in [-0.2, -0.15) is 0 Å². The summed E-state index contributed by atoms with van der Waals surface area (Å²) in [6.07, 6.45) is 0.296. The zero-order valence-corrected chi connectivity index (χ0v) is 14.9. The van der Waals surface area contributed by atoms with Crippen LogP contribution in [0, 0.1) is 20.8 Å². The highest BCUT2D eigenvalue weighted by Crippen LogP contribution is 2.26. The van der Waals surface area contributed by atoms with Crippen LogP contribution in [0.15, 0.2) is 47.8 Å². The molecule has 0 radical (unpaired) electrons. The first-order chi connectivity index (χ1) is 11.5. The van der Waals surface area contributed by atoms with Crippen LogP contribution < -0.4 is 5.32 Å². The van der Waals surface area contributed by atoms with E-state index in [1.54, 1.807) is 0 Å². The Balaban J connectivity index is 1.72. The van der Waals surface area contributed by atoms with Gasteiger partial charge >= 0.3 is 0 Å². The van der Waals surface area contributed by atoms with Crippen molar-refractivity contribution < 1.29 is 4.79 Å². The highest BCUT2D eigenvalue weighted by atomic mass is 32.1. The lowest BCUT2D eigenvalue weighted by atomic mass is 10.0. The lowest BCUT2D eigenvalue weighted by Gasteiger charge is -2.07. The van der Waals surface area contributed by atoms with Crippen LogP contribution in [0.1, 0.15) is 21.7 Å². The number of nitrogens with zero attached hydrogens (tertiary/aromatic N) is 1. The van der Waals surface area contributed by atoms with E-state index in [0.717, 1.165) is 27.5 Å². The number of aromatic nitrogens is 1. The number of carbonyl (C=O) groups excluding carboxylic acids is 1. The highest BCUT2D eigenvalue weighted by molar-refractivity contribution is 7.10. The standard InChI is InChI=1S/C20H20N2OS/c1-13-8-9-16(15(3)10-13)18-12-24-20(22-18)11-19(23)21-17-7-5-4-6-14(17)2/h4-10,12H,11H2,1-3H3,(H,21,23). The zero-order valence-electron chi connectivity index (χ0n) is 14.1. The van der Waals surface area contributed by atoms with Gasteiger partial charge in [-0.1, -0.05) is 42.0 Å². The van der Waals surface area contributed by atoms with Gasteiger partial charge in [0.05, 0.1) is 12.1 Å². The van der Waals surface area contributed by atoms with Gasteiger partial charge in [0.2, 0.25) is 5.91 Å². The molecule has 122 valence electrons. The molecule has 3 rings (SSSR count). The summed E-state index contributed by atoms with van der Waals surface area (Å²) in [5.41, 5.74) is 6.42. The predicted molar refractivity (Wildman–Crippen MR) is 101 cm³/mol. The molecule has 1 N–H and O–H groups in total. The molecule has 1 aromatic heterocycles. The maximum Gasteiger partial charge on any atom is 0.231 e. The molecule has 0 aliphatic rings. The molecule has 0 saturated heterocycles. The Morgan fingerprint density at radius 3 is 2.62 bits per heavy atom. The second-order valence-electron chi connectivity index (χ2n) is 5.98. The summed E-state index contributed by atoms with van der Waals surface area (Å²) in [6.45, 7) is 6.16. The van der Waals surface area contributed by atoms with E-state index in [1.807, 2.05) is 36.6 Å². The maximum atomic E-state index is 12.2. The van der Waals surface area contributed by atoms with Crippen LogP contribution in [0.2, 0.25) is 0 Å². The van der Waals surface area contributed by atoms with E-state index in [2.05, 4.69) is 42.3 Å². The number of aryl methyl sites for hydroxylation is 3. The van der Waals surface area contributed by atoms with Gasteiger partial charge in [0.1, 0.15) is 5.01 Å². The molecule has 1 heterocycles. The minimum absolute atomic E-state index is 0.0363. The molecule has 0 fully saturated rings. The minimum atomic E-state index is -0.0363. The van der Waals surface area contributed by atoms with E-state index in [9.17, 15) is 4.79 Å². The number of benzene rings is 2. The number of amides is 1. The molecule has 0 spiro atoms. The van der Waals surface area contributed by atoms with Gasteiger partial charge in [-0.15, -0.1) is 11.3 Å². The first-order valence-corrected chi connectivity index (χ1v) is 8.78. The van der Waals surface area contributed by atoms with E-state index < -0.39 is 0 Å². The largest absolute Gasteiger partial charge is 0.325 e. The van der Waals surface area contributed by atoms with Crippen LogP contribution in [-0.4, -0.2) is 10.9 Å². The first kappa shape index (κ1) is 16.4. The number of anilines is 1. The fourth-order valence-electron chi connectivity index (χ4n) is 2.66. The van der Waals surface area contributed by atoms with Crippen LogP contribution in [0.5, 0.6) is 0 Å². The van der Waals surface area contributed by atoms with Crippen molar-refractivity contribution in [3.63, 3.8) is 0 Å². The molecule has 0 saturated carbocycles. The van der Waals surface area contributed by atoms with E-state index in [1.165, 1.54) is 22.5 Å². The summed E-state index contributed by atoms with van der Waals surface area (Å²) in [5.74, 6) is -0.0363. The number of carbonyl (C=O) groups is 1. The van der Waals surface area contributed by atoms with Crippen LogP contribution in [0.4, 0.5) is 5.69 Å². The predicted octanol–water partition coefficient (Wildman–Crippen LogP) is 4.92. The fourth-order valence-corrected chi connectivity index (χ4v) is 3.45. The van der Waals surface area contributed by atoms with E-state index >= 15 is 0 Å². The molecular weight excluding hydrogens is 316 g/mol. The Morgan fingerprint density at radius 1 is 1.08 bits per heavy atom. The van der Waals surface area contributed by atoms with Gasteiger partial charge in [-0.3, -0.25) is 4.79 Å². The van der Waals surface area contributed by atoms with Crippen molar-refractivity contribution in [2.24, 2.45) is 0 Å². The Bertz CT molecular complexity index is 883. The minimum Gasteiger partial charge on any atom is -0.325 e. The van der Waals surface area contributed by atoms with Crippen molar-refractivity contribution in [2.45, 2.75) is 27.2 Å². The smallest absolute Gasteiger partial charge is 0.231 e. The number of para-hydroxylation sites is 1. The molecule has 3 aromatic rings. The highest BCUT2D eigenvalue weighted by Gasteiger charge is 2.11. The SMILES string of the molecule is Cc1ccc(-c2csc(CC(=O)Nc3ccccc3C)n2)c(C)c1. The Hall–Kier alpha value is -2.46. The van der Waals surface area contributed by atoms with Crippen molar-refractivity contribution in [1.82, 2.24) is 4.98 Å². The van der Waals surface area contributed by atoms with Crippen LogP contribution in [0.3, 0.4) is 0 Å². The summed E-state index contributed by atoms with van der Waals surface area (Å²) in [4.78, 5) is 16.9. The maximum absolute atomic E-state index is 12.2. The fraction of sp³-hybridized carbons (Fsp3) is 0.200. The Kier molecular flexibility index (Phi) is 4.76. The summed E-state index contributed by atoms with van der Waals surface area (Å²) in [7, 11) is 0. The van der Waals surface area contributed by atoms with Crippen LogP contribution in [-0.2, 0) is 11.2 Å². The van der Waals surface area contributed by atoms with Gasteiger partial charge in [-0.05, 0) is 38.0 Å². The second-order valence-corrected chi connectivity index (χ2v) is 6.93. The number of rotatable bonds is 4. The summed E-state index contributed by atoms with van der Waals surface area (Å²) in [5, 5.41) is 5.81. The summed E-state index contributed by atoms with van der Waals surface area (Å²) in [6, 6.07) is 14.1. The second kappa shape index (κ2) is 6.97. The van der Waals surface area contributed by atoms with Gasteiger partial charge in [-0.25, -0.2) is 4.98 Å². The molecule has 0 aliphatic carbocycles. The molecule has 0 unspecified atom stereocenters. The first-order valence-electron chi connectivity index (χ1n) is 7.90. The summed E-state index contributed by atoms with van der Waals surface area (Å²) >= 11 is 1.53. The number of hydrogen-bond donors (Lipinski definition) is 1. The molecular formula is C20H20N2OS. The lowest BCUT2D eigenvalue weighted by Crippen LogP contribution is -2.14. The van der Waals surface area contributed by atoms with Gasteiger partial charge in [0.25, 0.3) is 0 Å². The third-order valence-corrected chi connectivity index (χ3v) is 4.79. The molecule has 2 aromatic carbocycles. The summed E-state index contributed by atoms with van der Waals surface area (Å²) < 4.78 is 0. The molecule has 0 aliphatic heterocycles. The molecule has 4 heteroatoms. The van der Waals surface area contributed by atoms with Crippen LogP contribution in [0.25, 0.3) is 11.3 Å². The average Bonchev–Trinajstić information content (AvgIpc) is 2.97. The van der Waals surface area contributed by atoms with Crippen molar-refractivity contribution in [3.05, 3.63) is 69.5 Å². The van der Waals surface area contributed by atoms with E-state index in [-0.39, 0.29) is 5.91 Å². The third-order valence-electron chi connectivity index (χ3n) is 3.94. The molecule has 0 atom stereocenters. The quantitative estimate of drug-likeness (QED) is 0.735. The molecule has 1 amide bonds. The number of nitrogens with one attached hydrogen (secondary N) is 1. The van der Waals surface area contributed by atoms with Gasteiger partial charge in [0.15, 0.2) is 0 Å². The van der Waals surface area contributed by atoms with Crippen molar-refractivity contribution in [3.8, 4) is 11.3 Å². The third kappa shape index (κ3) is 3.71. The monoisotopic (exact) mass is 336 g/mol. The molecule has 24 heavy (non-hydrogen) atoms. The normalized spacial score (nSPS) is 10.6. The number of thiazole rings is 1. The Labute approximate surface area is 146 Å². The molecule has 0 bridgehead atoms. The van der Waals surface area contributed by atoms with Crippen LogP contribution >= 0.6 is 11.3 Å². The van der Waals surface area contributed by atoms with Crippen molar-refractivity contribution in [1.29, 1.82) is 0 Å². The zero-order chi connectivity index (χ0) is 17.1. The molecule has 3 nitrogen and oxygen atoms in total. The lowest BCUT2D eigenvalue weighted by molar-refractivity contribution is -0.115. The van der Waals surface area contributed by atoms with E-state index in [4.69, 9.17) is 0 Å². The van der Waals surface area contributed by atoms with Crippen molar-refractivity contribution in [2.75, 3.05) is 5.32 Å². The topological polar surface area (TPSA) is 42.0 Å².